The Morgan fingerprint density at radius 3 is 2.78 bits per heavy atom. The second kappa shape index (κ2) is 5.63. The van der Waals surface area contributed by atoms with Gasteiger partial charge in [0, 0.05) is 5.56 Å². The molecule has 18 heavy (non-hydrogen) atoms. The summed E-state index contributed by atoms with van der Waals surface area (Å²) < 4.78 is 18.3. The van der Waals surface area contributed by atoms with Crippen LogP contribution in [0.3, 0.4) is 0 Å². The largest absolute Gasteiger partial charge is 0.488 e. The molecule has 0 heterocycles. The van der Waals surface area contributed by atoms with Crippen LogP contribution in [0.25, 0.3) is 0 Å². The molecule has 1 aromatic rings. The van der Waals surface area contributed by atoms with E-state index in [2.05, 4.69) is 0 Å². The van der Waals surface area contributed by atoms with Gasteiger partial charge in [0.05, 0.1) is 11.0 Å². The van der Waals surface area contributed by atoms with Crippen LogP contribution in [-0.2, 0) is 4.79 Å². The van der Waals surface area contributed by atoms with Gasteiger partial charge in [0.2, 0.25) is 0 Å². The summed E-state index contributed by atoms with van der Waals surface area (Å²) in [6, 6.07) is 1.84. The number of benzene rings is 1. The summed E-state index contributed by atoms with van der Waals surface area (Å²) in [5.74, 6) is -2.51. The van der Waals surface area contributed by atoms with Crippen molar-refractivity contribution in [1.82, 2.24) is 0 Å². The molecule has 0 aliphatic heterocycles. The van der Waals surface area contributed by atoms with Crippen LogP contribution in [0.1, 0.15) is 5.56 Å². The quantitative estimate of drug-likeness (QED) is 0.506. The van der Waals surface area contributed by atoms with Crippen molar-refractivity contribution < 1.29 is 24.0 Å². The molecule has 0 fully saturated rings. The first kappa shape index (κ1) is 14.2. The van der Waals surface area contributed by atoms with E-state index >= 15 is 0 Å². The van der Waals surface area contributed by atoms with Crippen LogP contribution in [0.2, 0.25) is 0 Å². The third-order valence-corrected chi connectivity index (χ3v) is 2.41. The lowest BCUT2D eigenvalue weighted by Gasteiger charge is -2.09. The van der Waals surface area contributed by atoms with Gasteiger partial charge in [0.1, 0.15) is 6.61 Å². The monoisotopic (exact) mass is 277 g/mol. The molecule has 0 aliphatic rings. The number of halogens is 2. The topological polar surface area (TPSA) is 89.7 Å². The summed E-state index contributed by atoms with van der Waals surface area (Å²) in [6.07, 6.45) is 0. The molecule has 1 rings (SSSR count). The summed E-state index contributed by atoms with van der Waals surface area (Å²) in [5, 5.41) is 17.7. The Labute approximate surface area is 106 Å². The number of carboxylic acid groups (broad SMARTS) is 1. The highest BCUT2D eigenvalue weighted by Crippen LogP contribution is 2.27. The van der Waals surface area contributed by atoms with Crippen molar-refractivity contribution in [3.8, 4) is 5.75 Å². The molecule has 0 radical (unpaired) electrons. The van der Waals surface area contributed by atoms with Gasteiger partial charge in [0.25, 0.3) is 5.69 Å². The van der Waals surface area contributed by atoms with Crippen LogP contribution < -0.4 is 4.74 Å². The van der Waals surface area contributed by atoms with Crippen molar-refractivity contribution in [3.05, 3.63) is 33.6 Å². The summed E-state index contributed by atoms with van der Waals surface area (Å²) in [5.41, 5.74) is -0.168. The van der Waals surface area contributed by atoms with E-state index in [9.17, 15) is 19.3 Å². The van der Waals surface area contributed by atoms with Gasteiger partial charge < -0.3 is 9.84 Å². The second-order valence-corrected chi connectivity index (χ2v) is 3.97. The zero-order chi connectivity index (χ0) is 13.9. The number of hydrogen-bond donors (Lipinski definition) is 1. The smallest absolute Gasteiger partial charge is 0.325 e. The van der Waals surface area contributed by atoms with E-state index < -0.39 is 28.7 Å². The molecule has 6 nitrogen and oxygen atoms in total. The second-order valence-electron chi connectivity index (χ2n) is 3.44. The number of rotatable bonds is 5. The van der Waals surface area contributed by atoms with Crippen LogP contribution in [0.15, 0.2) is 12.1 Å². The van der Waals surface area contributed by atoms with E-state index in [-0.39, 0.29) is 17.0 Å². The molecular weight excluding hydrogens is 269 g/mol. The highest BCUT2D eigenvalue weighted by atomic mass is 35.5. The van der Waals surface area contributed by atoms with E-state index in [4.69, 9.17) is 21.4 Å². The summed E-state index contributed by atoms with van der Waals surface area (Å²) in [6.45, 7) is 0.977. The average molecular weight is 278 g/mol. The standard InChI is InChI=1S/C10H9ClFNO5/c1-5-2-9(18-4-6(11)10(14)15)7(12)3-8(5)13(16)17/h2-3,6H,4H2,1H3,(H,14,15). The van der Waals surface area contributed by atoms with Crippen molar-refractivity contribution in [1.29, 1.82) is 0 Å². The first-order valence-corrected chi connectivity index (χ1v) is 5.20. The molecule has 0 spiro atoms. The lowest BCUT2D eigenvalue weighted by atomic mass is 10.2. The van der Waals surface area contributed by atoms with Gasteiger partial charge in [-0.2, -0.15) is 0 Å². The Balaban J connectivity index is 2.88. The first-order valence-electron chi connectivity index (χ1n) is 4.77. The van der Waals surface area contributed by atoms with Crippen LogP contribution in [0.4, 0.5) is 10.1 Å². The molecule has 98 valence electrons. The van der Waals surface area contributed by atoms with Crippen molar-refractivity contribution in [2.45, 2.75) is 12.3 Å². The number of nitro groups is 1. The van der Waals surface area contributed by atoms with Crippen molar-refractivity contribution >= 4 is 23.3 Å². The number of ether oxygens (including phenoxy) is 1. The zero-order valence-corrected chi connectivity index (χ0v) is 9.98. The number of carbonyl (C=O) groups is 1. The predicted octanol–water partition coefficient (Wildman–Crippen LogP) is 2.11. The van der Waals surface area contributed by atoms with Crippen LogP contribution >= 0.6 is 11.6 Å². The van der Waals surface area contributed by atoms with Gasteiger partial charge in [-0.15, -0.1) is 11.6 Å². The number of aryl methyl sites for hydroxylation is 1. The van der Waals surface area contributed by atoms with E-state index in [1.807, 2.05) is 0 Å². The number of aliphatic carboxylic acids is 1. The molecule has 0 saturated heterocycles. The fourth-order valence-electron chi connectivity index (χ4n) is 1.19. The average Bonchev–Trinajstić information content (AvgIpc) is 2.28. The van der Waals surface area contributed by atoms with E-state index in [0.717, 1.165) is 6.07 Å². The van der Waals surface area contributed by atoms with Crippen molar-refractivity contribution in [3.63, 3.8) is 0 Å². The highest BCUT2D eigenvalue weighted by molar-refractivity contribution is 6.29. The molecule has 0 amide bonds. The first-order chi connectivity index (χ1) is 8.32. The van der Waals surface area contributed by atoms with Gasteiger partial charge in [-0.25, -0.2) is 4.39 Å². The SMILES string of the molecule is Cc1cc(OCC(Cl)C(=O)O)c(F)cc1[N+](=O)[O-]. The maximum Gasteiger partial charge on any atom is 0.325 e. The minimum Gasteiger partial charge on any atom is -0.488 e. The van der Waals surface area contributed by atoms with Crippen molar-refractivity contribution in [2.75, 3.05) is 6.61 Å². The van der Waals surface area contributed by atoms with Crippen molar-refractivity contribution in [2.24, 2.45) is 0 Å². The van der Waals surface area contributed by atoms with E-state index in [0.29, 0.717) is 6.07 Å². The van der Waals surface area contributed by atoms with Gasteiger partial charge in [-0.1, -0.05) is 0 Å². The minimum atomic E-state index is -1.32. The molecule has 0 saturated carbocycles. The maximum absolute atomic E-state index is 13.4. The fourth-order valence-corrected chi connectivity index (χ4v) is 1.25. The fraction of sp³-hybridized carbons (Fsp3) is 0.300. The van der Waals surface area contributed by atoms with Gasteiger partial charge in [-0.05, 0) is 13.0 Å². The Kier molecular flexibility index (Phi) is 4.43. The van der Waals surface area contributed by atoms with Gasteiger partial charge in [0.15, 0.2) is 16.9 Å². The molecule has 1 N–H and O–H groups in total. The van der Waals surface area contributed by atoms with Gasteiger partial charge >= 0.3 is 5.97 Å². The lowest BCUT2D eigenvalue weighted by molar-refractivity contribution is -0.385. The predicted molar refractivity (Wildman–Crippen MR) is 60.6 cm³/mol. The Hall–Kier alpha value is -1.89. The normalized spacial score (nSPS) is 11.9. The molecule has 1 atom stereocenters. The van der Waals surface area contributed by atoms with Crippen LogP contribution in [0, 0.1) is 22.9 Å². The summed E-state index contributed by atoms with van der Waals surface area (Å²) >= 11 is 5.38. The molecule has 0 aromatic heterocycles. The Morgan fingerprint density at radius 2 is 2.28 bits per heavy atom. The molecule has 0 bridgehead atoms. The number of nitrogens with zero attached hydrogens (tertiary/aromatic N) is 1. The number of nitro benzene ring substituents is 1. The van der Waals surface area contributed by atoms with Crippen LogP contribution in [-0.4, -0.2) is 28.0 Å². The molecule has 1 unspecified atom stereocenters. The molecule has 0 aliphatic carbocycles. The highest BCUT2D eigenvalue weighted by Gasteiger charge is 2.19. The van der Waals surface area contributed by atoms with Gasteiger partial charge in [-0.3, -0.25) is 14.9 Å². The van der Waals surface area contributed by atoms with E-state index in [1.165, 1.54) is 6.92 Å². The lowest BCUT2D eigenvalue weighted by Crippen LogP contribution is -2.21. The minimum absolute atomic E-state index is 0.206. The molecule has 8 heteroatoms. The Morgan fingerprint density at radius 1 is 1.67 bits per heavy atom. The summed E-state index contributed by atoms with van der Waals surface area (Å²) in [7, 11) is 0. The Bertz CT molecular complexity index is 493. The summed E-state index contributed by atoms with van der Waals surface area (Å²) in [4.78, 5) is 20.2. The zero-order valence-electron chi connectivity index (χ0n) is 9.22. The number of alkyl halides is 1. The third-order valence-electron chi connectivity index (χ3n) is 2.10. The third kappa shape index (κ3) is 3.30. The number of hydrogen-bond acceptors (Lipinski definition) is 4. The molecular formula is C10H9ClFNO5. The maximum atomic E-state index is 13.4. The number of carboxylic acids is 1. The van der Waals surface area contributed by atoms with E-state index in [1.54, 1.807) is 0 Å². The molecule has 1 aromatic carbocycles. The van der Waals surface area contributed by atoms with Crippen LogP contribution in [0.5, 0.6) is 5.75 Å².